The minimum absolute atomic E-state index is 0.000246. The van der Waals surface area contributed by atoms with Crippen LogP contribution in [0.15, 0.2) is 23.5 Å². The summed E-state index contributed by atoms with van der Waals surface area (Å²) >= 11 is 1.68. The number of carbonyl (C=O) groups is 1. The molecule has 2 aromatic heterocycles. The number of rotatable bonds is 6. The van der Waals surface area contributed by atoms with Crippen LogP contribution < -0.4 is 15.8 Å². The number of ether oxygens (including phenoxy) is 2. The Bertz CT molecular complexity index is 1370. The monoisotopic (exact) mass is 520 g/mol. The molecule has 3 atom stereocenters. The van der Waals surface area contributed by atoms with E-state index in [0.29, 0.717) is 32.9 Å². The van der Waals surface area contributed by atoms with Crippen LogP contribution in [0.25, 0.3) is 10.2 Å². The van der Waals surface area contributed by atoms with Gasteiger partial charge in [-0.3, -0.25) is 9.79 Å². The molecule has 1 amide bonds. The quantitative estimate of drug-likeness (QED) is 0.512. The Hall–Kier alpha value is -3.08. The largest absolute Gasteiger partial charge is 0.490 e. The highest BCUT2D eigenvalue weighted by Crippen LogP contribution is 2.42. The highest BCUT2D eigenvalue weighted by molar-refractivity contribution is 7.19. The van der Waals surface area contributed by atoms with Gasteiger partial charge >= 0.3 is 0 Å². The van der Waals surface area contributed by atoms with Gasteiger partial charge < -0.3 is 25.4 Å². The zero-order valence-corrected chi connectivity index (χ0v) is 22.0. The minimum atomic E-state index is -0.0805. The molecule has 1 aromatic carbocycles. The van der Waals surface area contributed by atoms with Crippen molar-refractivity contribution in [1.82, 2.24) is 14.9 Å². The molecule has 1 aliphatic carbocycles. The number of carbonyl (C=O) groups excluding carboxylic acids is 1. The first kappa shape index (κ1) is 24.3. The first-order valence-corrected chi connectivity index (χ1v) is 13.7. The van der Waals surface area contributed by atoms with Crippen LogP contribution in [0.4, 0.5) is 11.5 Å². The van der Waals surface area contributed by atoms with Crippen molar-refractivity contribution in [2.75, 3.05) is 31.7 Å². The van der Waals surface area contributed by atoms with E-state index in [2.05, 4.69) is 33.3 Å². The lowest BCUT2D eigenvalue weighted by atomic mass is 9.86. The zero-order valence-electron chi connectivity index (χ0n) is 21.2. The molecule has 1 fully saturated rings. The number of aryl methyl sites for hydroxylation is 1. The van der Waals surface area contributed by atoms with Crippen LogP contribution in [0.1, 0.15) is 41.8 Å². The van der Waals surface area contributed by atoms with E-state index in [0.717, 1.165) is 57.9 Å². The number of nitrogens with one attached hydrogen (secondary N) is 1. The van der Waals surface area contributed by atoms with Crippen LogP contribution in [0.3, 0.4) is 0 Å². The molecule has 9 nitrogen and oxygen atoms in total. The van der Waals surface area contributed by atoms with Crippen molar-refractivity contribution in [2.45, 2.75) is 51.7 Å². The van der Waals surface area contributed by atoms with Crippen LogP contribution in [0, 0.1) is 5.92 Å². The summed E-state index contributed by atoms with van der Waals surface area (Å²) in [6.07, 6.45) is 5.90. The van der Waals surface area contributed by atoms with E-state index in [1.165, 1.54) is 10.4 Å². The Morgan fingerprint density at radius 1 is 1.38 bits per heavy atom. The summed E-state index contributed by atoms with van der Waals surface area (Å²) in [6, 6.07) is 4.15. The van der Waals surface area contributed by atoms with Crippen LogP contribution in [0.2, 0.25) is 0 Å². The van der Waals surface area contributed by atoms with E-state index < -0.39 is 0 Å². The van der Waals surface area contributed by atoms with Crippen LogP contribution in [-0.4, -0.2) is 65.4 Å². The van der Waals surface area contributed by atoms with E-state index in [9.17, 15) is 4.79 Å². The Morgan fingerprint density at radius 3 is 3.11 bits per heavy atom. The van der Waals surface area contributed by atoms with Gasteiger partial charge in [0.15, 0.2) is 0 Å². The van der Waals surface area contributed by atoms with Crippen molar-refractivity contribution in [3.05, 3.63) is 40.0 Å². The molecule has 2 aliphatic heterocycles. The van der Waals surface area contributed by atoms with E-state index in [1.54, 1.807) is 17.7 Å². The summed E-state index contributed by atoms with van der Waals surface area (Å²) in [5.41, 5.74) is 10.3. The van der Waals surface area contributed by atoms with Crippen molar-refractivity contribution in [3.63, 3.8) is 0 Å². The van der Waals surface area contributed by atoms with E-state index in [-0.39, 0.29) is 23.9 Å². The molecule has 0 bridgehead atoms. The van der Waals surface area contributed by atoms with Gasteiger partial charge in [-0.2, -0.15) is 0 Å². The smallest absolute Gasteiger partial charge is 0.226 e. The minimum Gasteiger partial charge on any atom is -0.490 e. The molecule has 0 saturated carbocycles. The summed E-state index contributed by atoms with van der Waals surface area (Å²) in [4.78, 5) is 31.1. The average Bonchev–Trinajstić information content (AvgIpc) is 3.51. The van der Waals surface area contributed by atoms with Crippen molar-refractivity contribution in [1.29, 1.82) is 0 Å². The maximum Gasteiger partial charge on any atom is 0.226 e. The van der Waals surface area contributed by atoms with Gasteiger partial charge in [-0.1, -0.05) is 0 Å². The van der Waals surface area contributed by atoms with Crippen molar-refractivity contribution < 1.29 is 14.3 Å². The predicted molar refractivity (Wildman–Crippen MR) is 145 cm³/mol. The topological polar surface area (TPSA) is 115 Å². The first-order valence-electron chi connectivity index (χ1n) is 12.9. The number of hydrogen-bond donors (Lipinski definition) is 2. The number of thiophene rings is 1. The molecule has 1 saturated heterocycles. The van der Waals surface area contributed by atoms with Crippen molar-refractivity contribution in [3.8, 4) is 5.75 Å². The van der Waals surface area contributed by atoms with Gasteiger partial charge in [-0.05, 0) is 61.9 Å². The molecular formula is C27H32N6O3S. The molecule has 10 heteroatoms. The number of aromatic nitrogens is 2. The summed E-state index contributed by atoms with van der Waals surface area (Å²) in [7, 11) is 0. The molecule has 194 valence electrons. The van der Waals surface area contributed by atoms with Gasteiger partial charge in [0.1, 0.15) is 29.3 Å². The summed E-state index contributed by atoms with van der Waals surface area (Å²) in [5, 5.41) is 4.58. The van der Waals surface area contributed by atoms with Gasteiger partial charge in [-0.25, -0.2) is 9.97 Å². The fraction of sp³-hybridized carbons (Fsp3) is 0.481. The van der Waals surface area contributed by atoms with Crippen LogP contribution >= 0.6 is 11.3 Å². The van der Waals surface area contributed by atoms with E-state index >= 15 is 0 Å². The highest BCUT2D eigenvalue weighted by atomic mass is 32.1. The lowest BCUT2D eigenvalue weighted by Crippen LogP contribution is -2.50. The second-order valence-electron chi connectivity index (χ2n) is 10.2. The third-order valence-electron chi connectivity index (χ3n) is 7.33. The normalized spacial score (nSPS) is 21.5. The van der Waals surface area contributed by atoms with Gasteiger partial charge in [0.2, 0.25) is 5.91 Å². The molecule has 4 heterocycles. The molecule has 37 heavy (non-hydrogen) atoms. The molecule has 0 radical (unpaired) electrons. The average molecular weight is 521 g/mol. The molecule has 0 unspecified atom stereocenters. The molecule has 3 N–H and O–H groups in total. The number of nitrogens with zero attached hydrogens (tertiary/aromatic N) is 4. The van der Waals surface area contributed by atoms with Crippen LogP contribution in [0.5, 0.6) is 5.75 Å². The number of hydrogen-bond acceptors (Lipinski definition) is 9. The number of benzene rings is 1. The number of nitrogens with two attached hydrogens (primary N) is 1. The van der Waals surface area contributed by atoms with Crippen molar-refractivity contribution >= 4 is 45.2 Å². The molecule has 0 spiro atoms. The van der Waals surface area contributed by atoms with Crippen LogP contribution in [-0.2, 0) is 28.9 Å². The lowest BCUT2D eigenvalue weighted by molar-refractivity contribution is -0.143. The van der Waals surface area contributed by atoms with E-state index in [4.69, 9.17) is 15.2 Å². The number of morpholine rings is 1. The third kappa shape index (κ3) is 4.69. The molecular weight excluding hydrogens is 488 g/mol. The Morgan fingerprint density at radius 2 is 2.27 bits per heavy atom. The second-order valence-corrected chi connectivity index (χ2v) is 11.3. The van der Waals surface area contributed by atoms with E-state index in [1.807, 2.05) is 24.1 Å². The summed E-state index contributed by atoms with van der Waals surface area (Å²) in [6.45, 7) is 6.96. The molecule has 3 aliphatic rings. The van der Waals surface area contributed by atoms with Gasteiger partial charge in [0, 0.05) is 29.6 Å². The number of anilines is 2. The van der Waals surface area contributed by atoms with Crippen molar-refractivity contribution in [2.24, 2.45) is 16.6 Å². The van der Waals surface area contributed by atoms with Gasteiger partial charge in [0.25, 0.3) is 0 Å². The SMILES string of the molecule is C[C@H](N)COc1cc2c(cc1Nc1ncnc3sc4c(c13)CC[C@H](C(=O)N1CCOC[C@@H]1C)C4)C=NC2. The number of fused-ring (bicyclic) bond motifs is 4. The highest BCUT2D eigenvalue weighted by Gasteiger charge is 2.34. The maximum atomic E-state index is 13.3. The lowest BCUT2D eigenvalue weighted by Gasteiger charge is -2.36. The zero-order chi connectivity index (χ0) is 25.5. The standard InChI is InChI=1S/C27H32N6O3S/c1-15(28)12-36-22-8-19-11-29-10-18(19)7-21(22)32-25-24-20-4-3-17(9-23(20)37-26(24)31-14-30-25)27(34)33-5-6-35-13-16(33)2/h7-8,10,14-17H,3-6,9,11-13,28H2,1-2H3,(H,30,31,32)/t15-,16-,17-/m0/s1. The fourth-order valence-electron chi connectivity index (χ4n) is 5.41. The Balaban J connectivity index is 1.30. The Kier molecular flexibility index (Phi) is 6.56. The number of aliphatic imine (C=N–C) groups is 1. The fourth-order valence-corrected chi connectivity index (χ4v) is 6.68. The number of amides is 1. The Labute approximate surface area is 220 Å². The summed E-state index contributed by atoms with van der Waals surface area (Å²) < 4.78 is 11.6. The first-order chi connectivity index (χ1) is 18.0. The molecule has 3 aromatic rings. The third-order valence-corrected chi connectivity index (χ3v) is 8.50. The maximum absolute atomic E-state index is 13.3. The van der Waals surface area contributed by atoms with Gasteiger partial charge in [-0.15, -0.1) is 11.3 Å². The molecule has 6 rings (SSSR count). The van der Waals surface area contributed by atoms with Gasteiger partial charge in [0.05, 0.1) is 36.9 Å². The second kappa shape index (κ2) is 10.00. The summed E-state index contributed by atoms with van der Waals surface area (Å²) in [5.74, 6) is 1.75. The predicted octanol–water partition coefficient (Wildman–Crippen LogP) is 3.45.